The highest BCUT2D eigenvalue weighted by molar-refractivity contribution is 6.30. The molecule has 2 unspecified atom stereocenters. The lowest BCUT2D eigenvalue weighted by Gasteiger charge is -2.37. The Morgan fingerprint density at radius 2 is 1.78 bits per heavy atom. The summed E-state index contributed by atoms with van der Waals surface area (Å²) in [5, 5.41) is 6.88. The molecule has 2 saturated heterocycles. The summed E-state index contributed by atoms with van der Waals surface area (Å²) in [5.74, 6) is 0. The van der Waals surface area contributed by atoms with Crippen LogP contribution in [0.15, 0.2) is 84.0 Å². The molecule has 5 aromatic rings. The van der Waals surface area contributed by atoms with Gasteiger partial charge in [0.25, 0.3) is 5.56 Å². The van der Waals surface area contributed by atoms with Gasteiger partial charge in [-0.15, -0.1) is 0 Å². The quantitative estimate of drug-likeness (QED) is 0.361. The van der Waals surface area contributed by atoms with E-state index in [4.69, 9.17) is 11.6 Å². The minimum absolute atomic E-state index is 0.0378. The highest BCUT2D eigenvalue weighted by Crippen LogP contribution is 2.39. The van der Waals surface area contributed by atoms with E-state index >= 15 is 0 Å². The SMILES string of the molecule is O=c1c2c(N3CC4CC3CN4c3ccc(Cl)cc3)cccc2cnn1CCc1cn2ccccc2n1. The van der Waals surface area contributed by atoms with Gasteiger partial charge in [-0.2, -0.15) is 5.10 Å². The number of rotatable bonds is 5. The molecule has 5 heterocycles. The van der Waals surface area contributed by atoms with Gasteiger partial charge in [0.15, 0.2) is 0 Å². The molecular formula is C28H25ClN6O. The fourth-order valence-electron chi connectivity index (χ4n) is 5.85. The monoisotopic (exact) mass is 496 g/mol. The Bertz CT molecular complexity index is 1610. The molecule has 0 aliphatic carbocycles. The molecule has 8 heteroatoms. The number of fused-ring (bicyclic) bond motifs is 4. The lowest BCUT2D eigenvalue weighted by molar-refractivity contribution is 0.579. The van der Waals surface area contributed by atoms with Crippen LogP contribution in [-0.4, -0.2) is 44.3 Å². The predicted octanol–water partition coefficient (Wildman–Crippen LogP) is 4.41. The van der Waals surface area contributed by atoms with E-state index in [2.05, 4.69) is 38.1 Å². The maximum absolute atomic E-state index is 13.6. The van der Waals surface area contributed by atoms with Gasteiger partial charge in [-0.25, -0.2) is 9.67 Å². The van der Waals surface area contributed by atoms with E-state index in [1.807, 2.05) is 65.5 Å². The number of anilines is 2. The van der Waals surface area contributed by atoms with E-state index in [0.29, 0.717) is 25.0 Å². The number of benzene rings is 2. The molecule has 36 heavy (non-hydrogen) atoms. The zero-order chi connectivity index (χ0) is 24.2. The number of aryl methyl sites for hydroxylation is 2. The zero-order valence-corrected chi connectivity index (χ0v) is 20.4. The van der Waals surface area contributed by atoms with Crippen molar-refractivity contribution >= 4 is 39.4 Å². The van der Waals surface area contributed by atoms with E-state index in [1.54, 1.807) is 4.68 Å². The van der Waals surface area contributed by atoms with E-state index in [9.17, 15) is 4.79 Å². The summed E-state index contributed by atoms with van der Waals surface area (Å²) in [6.45, 7) is 2.33. The van der Waals surface area contributed by atoms with Crippen LogP contribution in [-0.2, 0) is 13.0 Å². The van der Waals surface area contributed by atoms with Crippen molar-refractivity contribution in [3.05, 3.63) is 100 Å². The van der Waals surface area contributed by atoms with Gasteiger partial charge in [0, 0.05) is 60.1 Å². The van der Waals surface area contributed by atoms with Gasteiger partial charge >= 0.3 is 0 Å². The normalized spacial score (nSPS) is 19.1. The number of hydrogen-bond donors (Lipinski definition) is 0. The van der Waals surface area contributed by atoms with Crippen LogP contribution in [0.25, 0.3) is 16.4 Å². The molecular weight excluding hydrogens is 472 g/mol. The number of piperazine rings is 1. The maximum Gasteiger partial charge on any atom is 0.276 e. The van der Waals surface area contributed by atoms with Crippen LogP contribution >= 0.6 is 11.6 Å². The molecule has 7 rings (SSSR count). The Morgan fingerprint density at radius 1 is 0.944 bits per heavy atom. The Labute approximate surface area is 213 Å². The molecule has 0 spiro atoms. The number of halogens is 1. The lowest BCUT2D eigenvalue weighted by Crippen LogP contribution is -2.47. The number of imidazole rings is 1. The fourth-order valence-corrected chi connectivity index (χ4v) is 5.98. The average Bonchev–Trinajstić information content (AvgIpc) is 3.62. The number of aromatic nitrogens is 4. The number of nitrogens with zero attached hydrogens (tertiary/aromatic N) is 6. The van der Waals surface area contributed by atoms with Crippen LogP contribution in [0.3, 0.4) is 0 Å². The summed E-state index contributed by atoms with van der Waals surface area (Å²) in [6.07, 6.45) is 7.55. The number of pyridine rings is 1. The third-order valence-electron chi connectivity index (χ3n) is 7.56. The minimum atomic E-state index is -0.0378. The lowest BCUT2D eigenvalue weighted by atomic mass is 10.1. The number of hydrogen-bond acceptors (Lipinski definition) is 5. The Balaban J connectivity index is 1.16. The minimum Gasteiger partial charge on any atom is -0.365 e. The summed E-state index contributed by atoms with van der Waals surface area (Å²) in [5.41, 5.74) is 4.05. The van der Waals surface area contributed by atoms with Gasteiger partial charge in [0.1, 0.15) is 5.65 Å². The maximum atomic E-state index is 13.6. The standard InChI is InChI=1S/C28H25ClN6O/c29-20-7-9-22(10-8-20)33-17-24-14-23(33)18-34(24)25-5-3-4-19-15-30-35(28(36)27(19)25)13-11-21-16-32-12-2-1-6-26(32)31-21/h1-10,12,15-16,23-24H,11,13-14,17-18H2. The van der Waals surface area contributed by atoms with Crippen molar-refractivity contribution < 1.29 is 0 Å². The summed E-state index contributed by atoms with van der Waals surface area (Å²) in [6, 6.07) is 20.9. The summed E-state index contributed by atoms with van der Waals surface area (Å²) in [4.78, 5) is 23.2. The molecule has 2 bridgehead atoms. The van der Waals surface area contributed by atoms with Gasteiger partial charge in [0.05, 0.1) is 29.5 Å². The first kappa shape index (κ1) is 21.4. The van der Waals surface area contributed by atoms with Crippen LogP contribution in [0, 0.1) is 0 Å². The Kier molecular flexibility index (Phi) is 4.99. The van der Waals surface area contributed by atoms with Crippen molar-refractivity contribution in [2.45, 2.75) is 31.5 Å². The van der Waals surface area contributed by atoms with Gasteiger partial charge < -0.3 is 14.2 Å². The molecule has 0 N–H and O–H groups in total. The summed E-state index contributed by atoms with van der Waals surface area (Å²) in [7, 11) is 0. The van der Waals surface area contributed by atoms with Crippen LogP contribution < -0.4 is 15.4 Å². The van der Waals surface area contributed by atoms with E-state index in [0.717, 1.165) is 52.3 Å². The second-order valence-electron chi connectivity index (χ2n) is 9.69. The molecule has 0 amide bonds. The first-order chi connectivity index (χ1) is 17.6. The molecule has 2 aromatic carbocycles. The zero-order valence-electron chi connectivity index (χ0n) is 19.7. The van der Waals surface area contributed by atoms with Crippen LogP contribution in [0.2, 0.25) is 5.02 Å². The molecule has 0 saturated carbocycles. The Hall–Kier alpha value is -3.84. The molecule has 3 aromatic heterocycles. The third kappa shape index (κ3) is 3.54. The highest BCUT2D eigenvalue weighted by atomic mass is 35.5. The van der Waals surface area contributed by atoms with E-state index in [-0.39, 0.29) is 5.56 Å². The fraction of sp³-hybridized carbons (Fsp3) is 0.250. The molecule has 2 aliphatic rings. The van der Waals surface area contributed by atoms with Gasteiger partial charge in [-0.05, 0) is 48.9 Å². The van der Waals surface area contributed by atoms with Crippen molar-refractivity contribution in [3.63, 3.8) is 0 Å². The highest BCUT2D eigenvalue weighted by Gasteiger charge is 2.43. The molecule has 2 fully saturated rings. The molecule has 180 valence electrons. The molecule has 2 atom stereocenters. The van der Waals surface area contributed by atoms with Crippen molar-refractivity contribution in [2.75, 3.05) is 22.9 Å². The smallest absolute Gasteiger partial charge is 0.276 e. The second kappa shape index (κ2) is 8.38. The summed E-state index contributed by atoms with van der Waals surface area (Å²) < 4.78 is 3.59. The first-order valence-electron chi connectivity index (χ1n) is 12.3. The topological polar surface area (TPSA) is 58.7 Å². The predicted molar refractivity (Wildman–Crippen MR) is 143 cm³/mol. The van der Waals surface area contributed by atoms with Crippen molar-refractivity contribution in [2.24, 2.45) is 0 Å². The molecule has 0 radical (unpaired) electrons. The van der Waals surface area contributed by atoms with Crippen molar-refractivity contribution in [1.29, 1.82) is 0 Å². The van der Waals surface area contributed by atoms with E-state index in [1.165, 1.54) is 5.69 Å². The average molecular weight is 497 g/mol. The molecule has 7 nitrogen and oxygen atoms in total. The van der Waals surface area contributed by atoms with Crippen LogP contribution in [0.5, 0.6) is 0 Å². The van der Waals surface area contributed by atoms with Crippen molar-refractivity contribution in [1.82, 2.24) is 19.2 Å². The largest absolute Gasteiger partial charge is 0.365 e. The second-order valence-corrected chi connectivity index (χ2v) is 10.1. The van der Waals surface area contributed by atoms with E-state index < -0.39 is 0 Å². The summed E-state index contributed by atoms with van der Waals surface area (Å²) >= 11 is 6.09. The van der Waals surface area contributed by atoms with Crippen molar-refractivity contribution in [3.8, 4) is 0 Å². The van der Waals surface area contributed by atoms with Gasteiger partial charge in [-0.3, -0.25) is 4.79 Å². The van der Waals surface area contributed by atoms with Crippen LogP contribution in [0.4, 0.5) is 11.4 Å². The van der Waals surface area contributed by atoms with Gasteiger partial charge in [-0.1, -0.05) is 29.8 Å². The van der Waals surface area contributed by atoms with Crippen LogP contribution in [0.1, 0.15) is 12.1 Å². The van der Waals surface area contributed by atoms with Gasteiger partial charge in [0.2, 0.25) is 0 Å². The Morgan fingerprint density at radius 3 is 2.58 bits per heavy atom. The first-order valence-corrected chi connectivity index (χ1v) is 12.7. The molecule has 2 aliphatic heterocycles. The third-order valence-corrected chi connectivity index (χ3v) is 7.81.